The number of hydrazine groups is 1. The van der Waals surface area contributed by atoms with Crippen molar-refractivity contribution in [2.45, 2.75) is 0 Å². The lowest BCUT2D eigenvalue weighted by Gasteiger charge is -2.06. The fraction of sp³-hybridized carbons (Fsp3) is 0. The SMILES string of the molecule is NNC(=O)c1ccnc(C2=NC=C2)c1. The van der Waals surface area contributed by atoms with Crippen LogP contribution in [0.5, 0.6) is 0 Å². The highest BCUT2D eigenvalue weighted by molar-refractivity contribution is 6.11. The molecule has 0 unspecified atom stereocenters. The molecule has 1 aliphatic rings. The first-order valence-electron chi connectivity index (χ1n) is 4.03. The monoisotopic (exact) mass is 188 g/mol. The van der Waals surface area contributed by atoms with E-state index < -0.39 is 0 Å². The second-order valence-corrected chi connectivity index (χ2v) is 2.73. The van der Waals surface area contributed by atoms with Crippen LogP contribution in [-0.2, 0) is 0 Å². The molecule has 1 amide bonds. The molecule has 14 heavy (non-hydrogen) atoms. The van der Waals surface area contributed by atoms with Gasteiger partial charge < -0.3 is 0 Å². The molecule has 5 nitrogen and oxygen atoms in total. The summed E-state index contributed by atoms with van der Waals surface area (Å²) >= 11 is 0. The van der Waals surface area contributed by atoms with Gasteiger partial charge in [-0.2, -0.15) is 0 Å². The molecule has 3 N–H and O–H groups in total. The molecule has 0 aliphatic carbocycles. The van der Waals surface area contributed by atoms with Crippen molar-refractivity contribution in [2.24, 2.45) is 10.8 Å². The van der Waals surface area contributed by atoms with E-state index in [0.717, 1.165) is 5.71 Å². The summed E-state index contributed by atoms with van der Waals surface area (Å²) in [6, 6.07) is 3.24. The van der Waals surface area contributed by atoms with E-state index in [4.69, 9.17) is 5.84 Å². The minimum Gasteiger partial charge on any atom is -0.290 e. The molecule has 2 heterocycles. The van der Waals surface area contributed by atoms with Gasteiger partial charge in [0, 0.05) is 18.0 Å². The summed E-state index contributed by atoms with van der Waals surface area (Å²) in [5, 5.41) is 0. The average Bonchev–Trinajstić information content (AvgIpc) is 2.14. The van der Waals surface area contributed by atoms with Crippen LogP contribution >= 0.6 is 0 Å². The highest BCUT2D eigenvalue weighted by Crippen LogP contribution is 2.08. The highest BCUT2D eigenvalue weighted by Gasteiger charge is 2.09. The van der Waals surface area contributed by atoms with Crippen LogP contribution in [-0.4, -0.2) is 16.6 Å². The third kappa shape index (κ3) is 1.40. The van der Waals surface area contributed by atoms with Gasteiger partial charge in [-0.05, 0) is 18.2 Å². The Morgan fingerprint density at radius 2 is 2.29 bits per heavy atom. The number of nitrogen functional groups attached to an aromatic ring is 1. The number of pyridine rings is 1. The number of amides is 1. The van der Waals surface area contributed by atoms with Crippen LogP contribution in [0.2, 0.25) is 0 Å². The molecular formula is C9H8N4O. The molecule has 70 valence electrons. The number of allylic oxidation sites excluding steroid dienone is 1. The Kier molecular flexibility index (Phi) is 2.08. The van der Waals surface area contributed by atoms with E-state index in [-0.39, 0.29) is 5.91 Å². The van der Waals surface area contributed by atoms with E-state index >= 15 is 0 Å². The first-order valence-corrected chi connectivity index (χ1v) is 4.03. The highest BCUT2D eigenvalue weighted by atomic mass is 16.2. The maximum absolute atomic E-state index is 11.2. The standard InChI is InChI=1S/C9H8N4O/c10-13-9(14)6-1-3-12-8(5-6)7-2-4-11-7/h1-5H,10H2,(H,13,14). The number of hydrogen-bond acceptors (Lipinski definition) is 4. The Hall–Kier alpha value is -2.01. The minimum atomic E-state index is -0.336. The van der Waals surface area contributed by atoms with Crippen molar-refractivity contribution in [2.75, 3.05) is 0 Å². The zero-order chi connectivity index (χ0) is 9.97. The Balaban J connectivity index is 2.31. The summed E-state index contributed by atoms with van der Waals surface area (Å²) in [5.41, 5.74) is 3.98. The number of rotatable bonds is 2. The van der Waals surface area contributed by atoms with Crippen molar-refractivity contribution in [1.82, 2.24) is 10.4 Å². The molecular weight excluding hydrogens is 180 g/mol. The summed E-state index contributed by atoms with van der Waals surface area (Å²) in [7, 11) is 0. The molecule has 0 radical (unpaired) electrons. The number of nitrogens with two attached hydrogens (primary N) is 1. The lowest BCUT2D eigenvalue weighted by atomic mass is 10.1. The van der Waals surface area contributed by atoms with Gasteiger partial charge in [0.05, 0.1) is 11.4 Å². The third-order valence-corrected chi connectivity index (χ3v) is 1.86. The van der Waals surface area contributed by atoms with Crippen molar-refractivity contribution >= 4 is 11.6 Å². The number of hydrogen-bond donors (Lipinski definition) is 2. The van der Waals surface area contributed by atoms with E-state index in [0.29, 0.717) is 11.3 Å². The molecule has 0 saturated heterocycles. The Morgan fingerprint density at radius 1 is 1.50 bits per heavy atom. The van der Waals surface area contributed by atoms with Gasteiger partial charge in [0.15, 0.2) is 0 Å². The number of carbonyl (C=O) groups is 1. The molecule has 2 rings (SSSR count). The van der Waals surface area contributed by atoms with Crippen LogP contribution in [0.4, 0.5) is 0 Å². The molecule has 0 atom stereocenters. The Bertz CT molecular complexity index is 436. The lowest BCUT2D eigenvalue weighted by molar-refractivity contribution is 0.0953. The Morgan fingerprint density at radius 3 is 2.86 bits per heavy atom. The molecule has 0 fully saturated rings. The van der Waals surface area contributed by atoms with Crippen LogP contribution in [0, 0.1) is 0 Å². The van der Waals surface area contributed by atoms with Crippen LogP contribution in [0.1, 0.15) is 16.1 Å². The summed E-state index contributed by atoms with van der Waals surface area (Å²) < 4.78 is 0. The third-order valence-electron chi connectivity index (χ3n) is 1.86. The summed E-state index contributed by atoms with van der Waals surface area (Å²) in [6.07, 6.45) is 5.05. The van der Waals surface area contributed by atoms with Gasteiger partial charge in [-0.25, -0.2) is 5.84 Å². The van der Waals surface area contributed by atoms with Crippen LogP contribution < -0.4 is 11.3 Å². The number of aromatic nitrogens is 1. The van der Waals surface area contributed by atoms with E-state index in [9.17, 15) is 4.79 Å². The van der Waals surface area contributed by atoms with Gasteiger partial charge in [-0.1, -0.05) is 0 Å². The van der Waals surface area contributed by atoms with Gasteiger partial charge in [-0.15, -0.1) is 0 Å². The Labute approximate surface area is 80.3 Å². The van der Waals surface area contributed by atoms with Crippen molar-refractivity contribution in [1.29, 1.82) is 0 Å². The maximum Gasteiger partial charge on any atom is 0.265 e. The maximum atomic E-state index is 11.2. The van der Waals surface area contributed by atoms with Crippen LogP contribution in [0.3, 0.4) is 0 Å². The van der Waals surface area contributed by atoms with Crippen molar-refractivity contribution < 1.29 is 4.79 Å². The summed E-state index contributed by atoms with van der Waals surface area (Å²) in [5.74, 6) is 4.68. The van der Waals surface area contributed by atoms with Gasteiger partial charge in [-0.3, -0.25) is 20.2 Å². The zero-order valence-corrected chi connectivity index (χ0v) is 7.27. The summed E-state index contributed by atoms with van der Waals surface area (Å²) in [4.78, 5) is 19.2. The molecule has 5 heteroatoms. The number of nitrogens with one attached hydrogen (secondary N) is 1. The first kappa shape index (κ1) is 8.58. The second kappa shape index (κ2) is 3.39. The molecule has 0 spiro atoms. The van der Waals surface area contributed by atoms with Crippen LogP contribution in [0.25, 0.3) is 0 Å². The van der Waals surface area contributed by atoms with Gasteiger partial charge in [0.2, 0.25) is 0 Å². The van der Waals surface area contributed by atoms with E-state index in [1.54, 1.807) is 24.5 Å². The number of nitrogens with zero attached hydrogens (tertiary/aromatic N) is 2. The predicted octanol–water partition coefficient (Wildman–Crippen LogP) is 0.00150. The molecule has 1 aromatic rings. The average molecular weight is 188 g/mol. The number of carbonyl (C=O) groups excluding carboxylic acids is 1. The van der Waals surface area contributed by atoms with Crippen molar-refractivity contribution in [3.05, 3.63) is 41.9 Å². The topological polar surface area (TPSA) is 80.4 Å². The normalized spacial score (nSPS) is 13.1. The van der Waals surface area contributed by atoms with Crippen LogP contribution in [0.15, 0.2) is 35.6 Å². The van der Waals surface area contributed by atoms with E-state index in [1.807, 2.05) is 6.08 Å². The van der Waals surface area contributed by atoms with E-state index in [2.05, 4.69) is 15.4 Å². The molecule has 0 aromatic carbocycles. The van der Waals surface area contributed by atoms with Gasteiger partial charge in [0.1, 0.15) is 0 Å². The quantitative estimate of drug-likeness (QED) is 0.389. The lowest BCUT2D eigenvalue weighted by Crippen LogP contribution is -2.30. The van der Waals surface area contributed by atoms with Gasteiger partial charge >= 0.3 is 0 Å². The zero-order valence-electron chi connectivity index (χ0n) is 7.27. The fourth-order valence-electron chi connectivity index (χ4n) is 1.10. The largest absolute Gasteiger partial charge is 0.290 e. The molecule has 0 bridgehead atoms. The van der Waals surface area contributed by atoms with E-state index in [1.165, 1.54) is 0 Å². The van der Waals surface area contributed by atoms with Gasteiger partial charge in [0.25, 0.3) is 5.91 Å². The summed E-state index contributed by atoms with van der Waals surface area (Å²) in [6.45, 7) is 0. The minimum absolute atomic E-state index is 0.336. The second-order valence-electron chi connectivity index (χ2n) is 2.73. The first-order chi connectivity index (χ1) is 6.81. The predicted molar refractivity (Wildman–Crippen MR) is 51.6 cm³/mol. The van der Waals surface area contributed by atoms with Crippen molar-refractivity contribution in [3.8, 4) is 0 Å². The van der Waals surface area contributed by atoms with Crippen molar-refractivity contribution in [3.63, 3.8) is 0 Å². The smallest absolute Gasteiger partial charge is 0.265 e. The molecule has 1 aromatic heterocycles. The number of aliphatic imine (C=N–C) groups is 1. The fourth-order valence-corrected chi connectivity index (χ4v) is 1.10. The molecule has 0 saturated carbocycles. The molecule has 1 aliphatic heterocycles.